The highest BCUT2D eigenvalue weighted by Crippen LogP contribution is 1.98. The zero-order valence-electron chi connectivity index (χ0n) is 8.22. The first-order chi connectivity index (χ1) is 5.35. The molecule has 1 N–H and O–H groups in total. The van der Waals surface area contributed by atoms with Gasteiger partial charge in [-0.15, -0.1) is 0 Å². The second-order valence-corrected chi connectivity index (χ2v) is 2.17. The van der Waals surface area contributed by atoms with Gasteiger partial charge in [-0.2, -0.15) is 0 Å². The van der Waals surface area contributed by atoms with Crippen LogP contribution >= 0.6 is 0 Å². The average Bonchev–Trinajstić information content (AvgIpc) is 2.08. The molecule has 0 atom stereocenters. The predicted octanol–water partition coefficient (Wildman–Crippen LogP) is 3.44. The van der Waals surface area contributed by atoms with Crippen LogP contribution < -0.4 is 0 Å². The molecule has 0 aliphatic heterocycles. The van der Waals surface area contributed by atoms with Crippen molar-refractivity contribution in [1.29, 1.82) is 0 Å². The van der Waals surface area contributed by atoms with E-state index in [-0.39, 0.29) is 0 Å². The highest BCUT2D eigenvalue weighted by Gasteiger charge is 1.94. The summed E-state index contributed by atoms with van der Waals surface area (Å²) in [5.41, 5.74) is 0.931. The van der Waals surface area contributed by atoms with E-state index in [1.165, 1.54) is 0 Å². The zero-order valence-corrected chi connectivity index (χ0v) is 8.22. The Morgan fingerprint density at radius 3 is 1.64 bits per heavy atom. The Bertz CT molecular complexity index is 81.6. The van der Waals surface area contributed by atoms with E-state index in [4.69, 9.17) is 5.21 Å². The first-order valence-corrected chi connectivity index (χ1v) is 4.54. The van der Waals surface area contributed by atoms with Crippen LogP contribution in [-0.2, 0) is 0 Å². The quantitative estimate of drug-likeness (QED) is 0.380. The standard InChI is InChI=1S/C7H15NO.C2H6/c1-3-5-7(8-9)6-4-2;1-2/h9H,3-6H2,1-2H3;1-2H3. The molecule has 0 aromatic carbocycles. The van der Waals surface area contributed by atoms with E-state index < -0.39 is 0 Å². The molecule has 0 spiro atoms. The molecule has 0 aliphatic carbocycles. The number of rotatable bonds is 4. The van der Waals surface area contributed by atoms with Crippen LogP contribution in [0.3, 0.4) is 0 Å². The molecule has 0 radical (unpaired) electrons. The van der Waals surface area contributed by atoms with Gasteiger partial charge >= 0.3 is 0 Å². The van der Waals surface area contributed by atoms with E-state index in [2.05, 4.69) is 19.0 Å². The maximum Gasteiger partial charge on any atom is 0.0570 e. The normalized spacial score (nSPS) is 8.00. The summed E-state index contributed by atoms with van der Waals surface area (Å²) in [6.45, 7) is 8.17. The van der Waals surface area contributed by atoms with Crippen LogP contribution in [0.4, 0.5) is 0 Å². The van der Waals surface area contributed by atoms with Crippen molar-refractivity contribution in [2.75, 3.05) is 0 Å². The van der Waals surface area contributed by atoms with E-state index in [9.17, 15) is 0 Å². The van der Waals surface area contributed by atoms with Crippen LogP contribution in [0.2, 0.25) is 0 Å². The Morgan fingerprint density at radius 2 is 1.45 bits per heavy atom. The topological polar surface area (TPSA) is 32.6 Å². The second-order valence-electron chi connectivity index (χ2n) is 2.17. The van der Waals surface area contributed by atoms with Crippen LogP contribution in [0, 0.1) is 0 Å². The van der Waals surface area contributed by atoms with Gasteiger partial charge in [-0.25, -0.2) is 0 Å². The minimum absolute atomic E-state index is 0.931. The first kappa shape index (κ1) is 13.1. The van der Waals surface area contributed by atoms with E-state index in [1.54, 1.807) is 0 Å². The molecule has 0 aliphatic rings. The van der Waals surface area contributed by atoms with Crippen molar-refractivity contribution in [2.45, 2.75) is 53.4 Å². The third-order valence-corrected chi connectivity index (χ3v) is 1.22. The minimum atomic E-state index is 0.931. The molecule has 2 heteroatoms. The van der Waals surface area contributed by atoms with Gasteiger partial charge in [0.2, 0.25) is 0 Å². The molecule has 0 unspecified atom stereocenters. The SMILES string of the molecule is CC.CCCC(CCC)=NO. The Hall–Kier alpha value is -0.530. The van der Waals surface area contributed by atoms with Gasteiger partial charge in [0, 0.05) is 0 Å². The molecule has 11 heavy (non-hydrogen) atoms. The molecule has 0 saturated carbocycles. The molecule has 2 nitrogen and oxygen atoms in total. The fraction of sp³-hybridized carbons (Fsp3) is 0.889. The van der Waals surface area contributed by atoms with Crippen LogP contribution in [0.15, 0.2) is 5.16 Å². The van der Waals surface area contributed by atoms with Gasteiger partial charge < -0.3 is 5.21 Å². The van der Waals surface area contributed by atoms with Crippen molar-refractivity contribution >= 4 is 5.71 Å². The molecule has 0 rings (SSSR count). The Labute approximate surface area is 70.3 Å². The third kappa shape index (κ3) is 9.47. The minimum Gasteiger partial charge on any atom is -0.411 e. The fourth-order valence-electron chi connectivity index (χ4n) is 0.802. The van der Waals surface area contributed by atoms with Crippen LogP contribution in [0.1, 0.15) is 53.4 Å². The van der Waals surface area contributed by atoms with Gasteiger partial charge in [0.25, 0.3) is 0 Å². The molecule has 0 aromatic rings. The lowest BCUT2D eigenvalue weighted by molar-refractivity contribution is 0.316. The second kappa shape index (κ2) is 12.2. The van der Waals surface area contributed by atoms with Crippen molar-refractivity contribution in [2.24, 2.45) is 5.16 Å². The van der Waals surface area contributed by atoms with Crippen LogP contribution in [0.25, 0.3) is 0 Å². The van der Waals surface area contributed by atoms with E-state index >= 15 is 0 Å². The molecule has 0 heterocycles. The maximum atomic E-state index is 8.38. The summed E-state index contributed by atoms with van der Waals surface area (Å²) < 4.78 is 0. The molecule has 68 valence electrons. The lowest BCUT2D eigenvalue weighted by Crippen LogP contribution is -1.95. The van der Waals surface area contributed by atoms with Crippen molar-refractivity contribution in [3.05, 3.63) is 0 Å². The highest BCUT2D eigenvalue weighted by molar-refractivity contribution is 5.83. The Morgan fingerprint density at radius 1 is 1.09 bits per heavy atom. The van der Waals surface area contributed by atoms with Crippen LogP contribution in [-0.4, -0.2) is 10.9 Å². The maximum absolute atomic E-state index is 8.38. The summed E-state index contributed by atoms with van der Waals surface area (Å²) in [4.78, 5) is 0. The van der Waals surface area contributed by atoms with Gasteiger partial charge in [-0.1, -0.05) is 45.7 Å². The molecular formula is C9H21NO. The fourth-order valence-corrected chi connectivity index (χ4v) is 0.802. The van der Waals surface area contributed by atoms with Gasteiger partial charge in [0.15, 0.2) is 0 Å². The number of nitrogens with zero attached hydrogens (tertiary/aromatic N) is 1. The van der Waals surface area contributed by atoms with Gasteiger partial charge in [-0.05, 0) is 12.8 Å². The van der Waals surface area contributed by atoms with Crippen LogP contribution in [0.5, 0.6) is 0 Å². The molecule has 0 amide bonds. The van der Waals surface area contributed by atoms with Gasteiger partial charge in [-0.3, -0.25) is 0 Å². The molecule has 0 saturated heterocycles. The molecule has 0 bridgehead atoms. The van der Waals surface area contributed by atoms with E-state index in [1.807, 2.05) is 13.8 Å². The summed E-state index contributed by atoms with van der Waals surface area (Å²) in [5.74, 6) is 0. The lowest BCUT2D eigenvalue weighted by Gasteiger charge is -1.97. The summed E-state index contributed by atoms with van der Waals surface area (Å²) in [5, 5.41) is 11.6. The number of hydrogen-bond acceptors (Lipinski definition) is 2. The summed E-state index contributed by atoms with van der Waals surface area (Å²) in [6.07, 6.45) is 4.01. The highest BCUT2D eigenvalue weighted by atomic mass is 16.4. The third-order valence-electron chi connectivity index (χ3n) is 1.22. The Balaban J connectivity index is 0. The first-order valence-electron chi connectivity index (χ1n) is 4.54. The predicted molar refractivity (Wildman–Crippen MR) is 50.4 cm³/mol. The monoisotopic (exact) mass is 159 g/mol. The molecular weight excluding hydrogens is 138 g/mol. The van der Waals surface area contributed by atoms with Gasteiger partial charge in [0.05, 0.1) is 5.71 Å². The van der Waals surface area contributed by atoms with Crippen molar-refractivity contribution in [1.82, 2.24) is 0 Å². The van der Waals surface area contributed by atoms with Crippen molar-refractivity contribution in [3.8, 4) is 0 Å². The number of oxime groups is 1. The lowest BCUT2D eigenvalue weighted by atomic mass is 10.1. The zero-order chi connectivity index (χ0) is 9.11. The van der Waals surface area contributed by atoms with Crippen molar-refractivity contribution in [3.63, 3.8) is 0 Å². The molecule has 0 aromatic heterocycles. The average molecular weight is 159 g/mol. The summed E-state index contributed by atoms with van der Waals surface area (Å²) in [6, 6.07) is 0. The smallest absolute Gasteiger partial charge is 0.0570 e. The van der Waals surface area contributed by atoms with E-state index in [0.29, 0.717) is 0 Å². The van der Waals surface area contributed by atoms with Gasteiger partial charge in [0.1, 0.15) is 0 Å². The summed E-state index contributed by atoms with van der Waals surface area (Å²) >= 11 is 0. The Kier molecular flexibility index (Phi) is 14.5. The molecule has 0 fully saturated rings. The summed E-state index contributed by atoms with van der Waals surface area (Å²) in [7, 11) is 0. The number of hydrogen-bond donors (Lipinski definition) is 1. The largest absolute Gasteiger partial charge is 0.411 e. The van der Waals surface area contributed by atoms with Crippen molar-refractivity contribution < 1.29 is 5.21 Å². The van der Waals surface area contributed by atoms with E-state index in [0.717, 1.165) is 31.4 Å².